The molecule has 4 nitrogen and oxygen atoms in total. The summed E-state index contributed by atoms with van der Waals surface area (Å²) in [5.74, 6) is 0.972. The van der Waals surface area contributed by atoms with Crippen LogP contribution < -0.4 is 4.90 Å². The normalized spacial score (nSPS) is 36.7. The van der Waals surface area contributed by atoms with Crippen LogP contribution in [0.15, 0.2) is 35.9 Å². The summed E-state index contributed by atoms with van der Waals surface area (Å²) >= 11 is 0. The zero-order valence-corrected chi connectivity index (χ0v) is 18.8. The molecule has 1 saturated carbocycles. The van der Waals surface area contributed by atoms with E-state index in [1.165, 1.54) is 30.5 Å². The molecule has 5 atom stereocenters. The Kier molecular flexibility index (Phi) is 5.17. The van der Waals surface area contributed by atoms with Gasteiger partial charge in [-0.2, -0.15) is 0 Å². The Morgan fingerprint density at radius 3 is 2.77 bits per heavy atom. The number of benzene rings is 1. The summed E-state index contributed by atoms with van der Waals surface area (Å²) in [6.07, 6.45) is 7.44. The van der Waals surface area contributed by atoms with E-state index >= 15 is 0 Å². The molecule has 162 valence electrons. The van der Waals surface area contributed by atoms with Gasteiger partial charge in [0, 0.05) is 44.3 Å². The van der Waals surface area contributed by atoms with E-state index in [2.05, 4.69) is 60.9 Å². The first-order valence-electron chi connectivity index (χ1n) is 11.9. The van der Waals surface area contributed by atoms with Crippen LogP contribution in [-0.4, -0.2) is 49.7 Å². The Labute approximate surface area is 181 Å². The number of allylic oxidation sites excluding steroid dienone is 1. The van der Waals surface area contributed by atoms with Crippen molar-refractivity contribution in [1.29, 1.82) is 0 Å². The average Bonchev–Trinajstić information content (AvgIpc) is 3.01. The molecule has 2 heterocycles. The van der Waals surface area contributed by atoms with Gasteiger partial charge in [-0.25, -0.2) is 0 Å². The van der Waals surface area contributed by atoms with Crippen LogP contribution in [0, 0.1) is 30.1 Å². The number of ether oxygens (including phenoxy) is 1. The summed E-state index contributed by atoms with van der Waals surface area (Å²) in [4.78, 5) is 17.8. The molecule has 5 rings (SSSR count). The second-order valence-corrected chi connectivity index (χ2v) is 10.5. The Morgan fingerprint density at radius 1 is 1.20 bits per heavy atom. The highest BCUT2D eigenvalue weighted by Crippen LogP contribution is 2.54. The largest absolute Gasteiger partial charge is 0.461 e. The van der Waals surface area contributed by atoms with Gasteiger partial charge in [0.15, 0.2) is 0 Å². The number of anilines is 1. The van der Waals surface area contributed by atoms with Crippen molar-refractivity contribution in [2.75, 3.05) is 37.6 Å². The maximum Gasteiger partial charge on any atom is 0.311 e. The lowest BCUT2D eigenvalue weighted by atomic mass is 9.59. The number of rotatable bonds is 3. The van der Waals surface area contributed by atoms with Crippen LogP contribution in [0.1, 0.15) is 45.1 Å². The number of hydrogen-bond acceptors (Lipinski definition) is 4. The van der Waals surface area contributed by atoms with Gasteiger partial charge in [0.05, 0.1) is 5.92 Å². The van der Waals surface area contributed by atoms with Crippen molar-refractivity contribution < 1.29 is 9.53 Å². The van der Waals surface area contributed by atoms with Gasteiger partial charge in [0.25, 0.3) is 0 Å². The smallest absolute Gasteiger partial charge is 0.311 e. The lowest BCUT2D eigenvalue weighted by molar-refractivity contribution is -0.145. The third-order valence-electron chi connectivity index (χ3n) is 8.28. The lowest BCUT2D eigenvalue weighted by Gasteiger charge is -2.46. The third-order valence-corrected chi connectivity index (χ3v) is 8.28. The highest BCUT2D eigenvalue weighted by molar-refractivity contribution is 5.76. The first kappa shape index (κ1) is 20.1. The first-order chi connectivity index (χ1) is 14.4. The van der Waals surface area contributed by atoms with E-state index in [-0.39, 0.29) is 29.3 Å². The quantitative estimate of drug-likeness (QED) is 0.547. The maximum atomic E-state index is 12.8. The minimum atomic E-state index is 0.00620. The monoisotopic (exact) mass is 408 g/mol. The molecule has 0 aromatic heterocycles. The molecule has 2 aliphatic carbocycles. The van der Waals surface area contributed by atoms with Gasteiger partial charge in [-0.3, -0.25) is 9.69 Å². The number of fused-ring (bicyclic) bond motifs is 2. The number of carbonyl (C=O) groups is 1. The van der Waals surface area contributed by atoms with Crippen molar-refractivity contribution in [1.82, 2.24) is 4.90 Å². The molecule has 0 radical (unpaired) electrons. The Bertz CT molecular complexity index is 841. The molecule has 0 amide bonds. The van der Waals surface area contributed by atoms with Crippen LogP contribution in [0.4, 0.5) is 5.69 Å². The Morgan fingerprint density at radius 2 is 2.00 bits per heavy atom. The van der Waals surface area contributed by atoms with Crippen molar-refractivity contribution in [3.63, 3.8) is 0 Å². The van der Waals surface area contributed by atoms with E-state index in [0.717, 1.165) is 39.1 Å². The van der Waals surface area contributed by atoms with Crippen molar-refractivity contribution in [2.24, 2.45) is 23.2 Å². The van der Waals surface area contributed by atoms with E-state index in [9.17, 15) is 4.79 Å². The molecule has 4 heteroatoms. The third kappa shape index (κ3) is 3.57. The van der Waals surface area contributed by atoms with E-state index in [1.807, 2.05) is 0 Å². The minimum absolute atomic E-state index is 0.00620. The highest BCUT2D eigenvalue weighted by Gasteiger charge is 2.52. The summed E-state index contributed by atoms with van der Waals surface area (Å²) < 4.78 is 5.95. The summed E-state index contributed by atoms with van der Waals surface area (Å²) in [6, 6.07) is 8.77. The fourth-order valence-corrected chi connectivity index (χ4v) is 6.55. The van der Waals surface area contributed by atoms with Crippen LogP contribution in [0.3, 0.4) is 0 Å². The fourth-order valence-electron chi connectivity index (χ4n) is 6.55. The van der Waals surface area contributed by atoms with E-state index < -0.39 is 0 Å². The van der Waals surface area contributed by atoms with Gasteiger partial charge >= 0.3 is 5.97 Å². The van der Waals surface area contributed by atoms with E-state index in [4.69, 9.17) is 4.74 Å². The van der Waals surface area contributed by atoms with Crippen molar-refractivity contribution in [3.8, 4) is 0 Å². The first-order valence-corrected chi connectivity index (χ1v) is 11.9. The molecular weight excluding hydrogens is 372 g/mol. The molecule has 30 heavy (non-hydrogen) atoms. The molecule has 1 aromatic carbocycles. The minimum Gasteiger partial charge on any atom is -0.461 e. The van der Waals surface area contributed by atoms with Gasteiger partial charge in [-0.15, -0.1) is 0 Å². The lowest BCUT2D eigenvalue weighted by Crippen LogP contribution is -2.49. The van der Waals surface area contributed by atoms with Gasteiger partial charge in [-0.05, 0) is 55.2 Å². The van der Waals surface area contributed by atoms with Crippen molar-refractivity contribution in [2.45, 2.75) is 52.6 Å². The van der Waals surface area contributed by atoms with Crippen LogP contribution >= 0.6 is 0 Å². The zero-order chi connectivity index (χ0) is 20.9. The van der Waals surface area contributed by atoms with E-state index in [1.54, 1.807) is 5.57 Å². The van der Waals surface area contributed by atoms with Crippen molar-refractivity contribution in [3.05, 3.63) is 41.5 Å². The Hall–Kier alpha value is -1.81. The molecule has 3 fully saturated rings. The number of esters is 1. The standard InChI is InChI=1S/C26H36N2O2/c1-18-6-4-8-20(14-18)28-12-10-27(11-13-28)17-22-21-15-23-19(2)7-5-9-26(23,3)16-24(21)30-25(22)29/h4,6,8,14-15,19,21-22,24H,5,7,9-13,16-17H2,1-3H3/t19-,21+,22?,24+,26+/m0/s1. The number of nitrogens with zero attached hydrogens (tertiary/aromatic N) is 2. The average molecular weight is 409 g/mol. The van der Waals surface area contributed by atoms with Crippen LogP contribution in [0.2, 0.25) is 0 Å². The second-order valence-electron chi connectivity index (χ2n) is 10.5. The molecule has 4 aliphatic rings. The van der Waals surface area contributed by atoms with Gasteiger partial charge in [-0.1, -0.05) is 44.1 Å². The molecule has 1 unspecified atom stereocenters. The number of aryl methyl sites for hydroxylation is 1. The number of piperazine rings is 1. The molecule has 2 saturated heterocycles. The van der Waals surface area contributed by atoms with Crippen LogP contribution in [0.5, 0.6) is 0 Å². The SMILES string of the molecule is Cc1cccc(N2CCN(CC3C(=O)O[C@@H]4C[C@@]5(C)CCC[C@H](C)C5=C[C@H]34)CC2)c1. The number of hydrogen-bond donors (Lipinski definition) is 0. The highest BCUT2D eigenvalue weighted by atomic mass is 16.6. The topological polar surface area (TPSA) is 32.8 Å². The zero-order valence-electron chi connectivity index (χ0n) is 18.8. The van der Waals surface area contributed by atoms with Gasteiger partial charge in [0.1, 0.15) is 6.10 Å². The second kappa shape index (κ2) is 7.71. The van der Waals surface area contributed by atoms with Crippen LogP contribution in [0.25, 0.3) is 0 Å². The summed E-state index contributed by atoms with van der Waals surface area (Å²) in [6.45, 7) is 11.8. The number of carbonyl (C=O) groups excluding carboxylic acids is 1. The van der Waals surface area contributed by atoms with Crippen molar-refractivity contribution >= 4 is 11.7 Å². The van der Waals surface area contributed by atoms with E-state index in [0.29, 0.717) is 5.92 Å². The fraction of sp³-hybridized carbons (Fsp3) is 0.654. The van der Waals surface area contributed by atoms with Gasteiger partial charge in [0.2, 0.25) is 0 Å². The summed E-state index contributed by atoms with van der Waals surface area (Å²) in [5.41, 5.74) is 4.48. The predicted molar refractivity (Wildman–Crippen MR) is 121 cm³/mol. The molecular formula is C26H36N2O2. The molecule has 0 N–H and O–H groups in total. The molecule has 0 bridgehead atoms. The molecule has 1 aromatic rings. The summed E-state index contributed by atoms with van der Waals surface area (Å²) in [5, 5.41) is 0. The summed E-state index contributed by atoms with van der Waals surface area (Å²) in [7, 11) is 0. The predicted octanol–water partition coefficient (Wildman–Crippen LogP) is 4.43. The molecule has 0 spiro atoms. The Balaban J connectivity index is 1.26. The maximum absolute atomic E-state index is 12.8. The van der Waals surface area contributed by atoms with Gasteiger partial charge < -0.3 is 9.64 Å². The van der Waals surface area contributed by atoms with Crippen LogP contribution in [-0.2, 0) is 9.53 Å². The molecule has 2 aliphatic heterocycles.